The Labute approximate surface area is 200 Å². The van der Waals surface area contributed by atoms with Crippen LogP contribution >= 0.6 is 0 Å². The molecule has 34 heavy (non-hydrogen) atoms. The van der Waals surface area contributed by atoms with Crippen LogP contribution in [-0.4, -0.2) is 41.8 Å². The summed E-state index contributed by atoms with van der Waals surface area (Å²) in [5.74, 6) is -0.747. The smallest absolute Gasteiger partial charge is 0.342 e. The van der Waals surface area contributed by atoms with Gasteiger partial charge in [-0.3, -0.25) is 4.84 Å². The van der Waals surface area contributed by atoms with Crippen LogP contribution < -0.4 is 0 Å². The molecule has 6 nitrogen and oxygen atoms in total. The average molecular weight is 462 g/mol. The molecule has 1 aliphatic heterocycles. The Balaban J connectivity index is 1.43. The Morgan fingerprint density at radius 2 is 1.53 bits per heavy atom. The Morgan fingerprint density at radius 1 is 0.882 bits per heavy atom. The van der Waals surface area contributed by atoms with Gasteiger partial charge in [0.05, 0.1) is 5.56 Å². The maximum atomic E-state index is 13.1. The van der Waals surface area contributed by atoms with Crippen LogP contribution in [0.2, 0.25) is 0 Å². The molecule has 1 heterocycles. The lowest BCUT2D eigenvalue weighted by Crippen LogP contribution is -2.40. The maximum absolute atomic E-state index is 13.1. The highest BCUT2D eigenvalue weighted by Crippen LogP contribution is 2.28. The number of esters is 2. The highest BCUT2D eigenvalue weighted by molar-refractivity contribution is 5.89. The van der Waals surface area contributed by atoms with E-state index in [9.17, 15) is 9.59 Å². The van der Waals surface area contributed by atoms with E-state index in [2.05, 4.69) is 0 Å². The second kappa shape index (κ2) is 10.4. The summed E-state index contributed by atoms with van der Waals surface area (Å²) in [6.07, 6.45) is 0.176. The van der Waals surface area contributed by atoms with Gasteiger partial charge in [-0.25, -0.2) is 9.59 Å². The van der Waals surface area contributed by atoms with E-state index in [1.165, 1.54) is 0 Å². The molecule has 0 aromatic heterocycles. The topological polar surface area (TPSA) is 65.1 Å². The number of piperidine rings is 1. The van der Waals surface area contributed by atoms with E-state index < -0.39 is 17.7 Å². The minimum absolute atomic E-state index is 0.187. The molecule has 4 rings (SSSR count). The number of benzene rings is 3. The molecule has 1 aliphatic rings. The molecule has 1 fully saturated rings. The van der Waals surface area contributed by atoms with E-state index in [1.54, 1.807) is 17.2 Å². The van der Waals surface area contributed by atoms with Gasteiger partial charge in [-0.1, -0.05) is 54.6 Å². The van der Waals surface area contributed by atoms with Gasteiger partial charge in [0.25, 0.3) is 0 Å². The predicted octanol–water partition coefficient (Wildman–Crippen LogP) is 5.48. The second-order valence-electron chi connectivity index (χ2n) is 9.53. The van der Waals surface area contributed by atoms with Crippen molar-refractivity contribution < 1.29 is 23.9 Å². The molecule has 0 N–H and O–H groups in total. The van der Waals surface area contributed by atoms with Crippen molar-refractivity contribution in [2.75, 3.05) is 13.1 Å². The standard InChI is InChI=1S/C28H31NO5/c1-28(2,3)33-27(31)25(23-14-13-20-9-7-8-12-22(20)19-23)34-29-17-15-24(16-18-29)32-26(30)21-10-5-4-6-11-21/h4-14,19,24-25H,15-18H2,1-3H3. The van der Waals surface area contributed by atoms with Crippen LogP contribution in [0.5, 0.6) is 0 Å². The molecule has 1 atom stereocenters. The van der Waals surface area contributed by atoms with Gasteiger partial charge >= 0.3 is 11.9 Å². The number of ether oxygens (including phenoxy) is 2. The molecule has 1 unspecified atom stereocenters. The molecule has 0 amide bonds. The van der Waals surface area contributed by atoms with Crippen molar-refractivity contribution in [2.45, 2.75) is 51.4 Å². The Kier molecular flexibility index (Phi) is 7.29. The summed E-state index contributed by atoms with van der Waals surface area (Å²) in [6.45, 7) is 6.61. The van der Waals surface area contributed by atoms with Gasteiger partial charge in [-0.15, -0.1) is 0 Å². The largest absolute Gasteiger partial charge is 0.459 e. The van der Waals surface area contributed by atoms with Crippen LogP contribution in [0.3, 0.4) is 0 Å². The van der Waals surface area contributed by atoms with E-state index in [0.717, 1.165) is 16.3 Å². The lowest BCUT2D eigenvalue weighted by molar-refractivity contribution is -0.231. The molecule has 0 saturated carbocycles. The summed E-state index contributed by atoms with van der Waals surface area (Å²) in [4.78, 5) is 31.6. The predicted molar refractivity (Wildman–Crippen MR) is 130 cm³/mol. The monoisotopic (exact) mass is 461 g/mol. The summed E-state index contributed by atoms with van der Waals surface area (Å²) in [5, 5.41) is 3.90. The van der Waals surface area contributed by atoms with Gasteiger partial charge < -0.3 is 9.47 Å². The van der Waals surface area contributed by atoms with Crippen molar-refractivity contribution >= 4 is 22.7 Å². The van der Waals surface area contributed by atoms with E-state index in [0.29, 0.717) is 31.5 Å². The number of rotatable bonds is 6. The third-order valence-electron chi connectivity index (χ3n) is 5.64. The van der Waals surface area contributed by atoms with E-state index >= 15 is 0 Å². The molecule has 1 saturated heterocycles. The van der Waals surface area contributed by atoms with E-state index in [4.69, 9.17) is 14.3 Å². The van der Waals surface area contributed by atoms with E-state index in [1.807, 2.05) is 81.4 Å². The SMILES string of the molecule is CC(C)(C)OC(=O)C(ON1CCC(OC(=O)c2ccccc2)CC1)c1ccc2ccccc2c1. The van der Waals surface area contributed by atoms with Crippen LogP contribution in [0.25, 0.3) is 10.8 Å². The first-order chi connectivity index (χ1) is 16.3. The van der Waals surface area contributed by atoms with Gasteiger partial charge in [0.1, 0.15) is 11.7 Å². The highest BCUT2D eigenvalue weighted by Gasteiger charge is 2.32. The zero-order valence-corrected chi connectivity index (χ0v) is 19.9. The summed E-state index contributed by atoms with van der Waals surface area (Å²) in [7, 11) is 0. The van der Waals surface area contributed by atoms with Gasteiger partial charge in [-0.2, -0.15) is 5.06 Å². The zero-order chi connectivity index (χ0) is 24.1. The first kappa shape index (κ1) is 23.9. The van der Waals surface area contributed by atoms with Crippen molar-refractivity contribution in [3.05, 3.63) is 83.9 Å². The van der Waals surface area contributed by atoms with Crippen molar-refractivity contribution in [1.82, 2.24) is 5.06 Å². The lowest BCUT2D eigenvalue weighted by Gasteiger charge is -2.33. The number of hydrogen-bond donors (Lipinski definition) is 0. The quantitative estimate of drug-likeness (QED) is 0.453. The first-order valence-corrected chi connectivity index (χ1v) is 11.7. The number of hydrogen-bond acceptors (Lipinski definition) is 6. The van der Waals surface area contributed by atoms with Crippen molar-refractivity contribution in [1.29, 1.82) is 0 Å². The molecule has 0 radical (unpaired) electrons. The molecular formula is C28H31NO5. The third-order valence-corrected chi connectivity index (χ3v) is 5.64. The molecule has 0 aliphatic carbocycles. The van der Waals surface area contributed by atoms with Crippen LogP contribution in [0.1, 0.15) is 55.6 Å². The van der Waals surface area contributed by atoms with E-state index in [-0.39, 0.29) is 12.1 Å². The molecule has 178 valence electrons. The fraction of sp³-hybridized carbons (Fsp3) is 0.357. The maximum Gasteiger partial charge on any atom is 0.342 e. The number of nitrogens with zero attached hydrogens (tertiary/aromatic N) is 1. The molecule has 3 aromatic carbocycles. The first-order valence-electron chi connectivity index (χ1n) is 11.7. The number of carbonyl (C=O) groups is 2. The fourth-order valence-corrected chi connectivity index (χ4v) is 3.96. The normalized spacial score (nSPS) is 16.2. The van der Waals surface area contributed by atoms with Crippen LogP contribution in [-0.2, 0) is 19.1 Å². The van der Waals surface area contributed by atoms with Crippen LogP contribution in [0.4, 0.5) is 0 Å². The Morgan fingerprint density at radius 3 is 2.21 bits per heavy atom. The highest BCUT2D eigenvalue weighted by atomic mass is 16.7. The minimum atomic E-state index is -0.882. The minimum Gasteiger partial charge on any atom is -0.459 e. The number of fused-ring (bicyclic) bond motifs is 1. The summed E-state index contributed by atoms with van der Waals surface area (Å²) in [5.41, 5.74) is 0.654. The second-order valence-corrected chi connectivity index (χ2v) is 9.53. The van der Waals surface area contributed by atoms with Gasteiger partial charge in [0.15, 0.2) is 0 Å². The Bertz CT molecular complexity index is 1130. The van der Waals surface area contributed by atoms with Gasteiger partial charge in [0, 0.05) is 13.1 Å². The Hall–Kier alpha value is -3.22. The summed E-state index contributed by atoms with van der Waals surface area (Å²) >= 11 is 0. The number of hydroxylamine groups is 2. The van der Waals surface area contributed by atoms with Crippen molar-refractivity contribution in [3.8, 4) is 0 Å². The number of carbonyl (C=O) groups excluding carboxylic acids is 2. The van der Waals surface area contributed by atoms with Crippen LogP contribution in [0, 0.1) is 0 Å². The molecular weight excluding hydrogens is 430 g/mol. The summed E-state index contributed by atoms with van der Waals surface area (Å²) < 4.78 is 11.3. The lowest BCUT2D eigenvalue weighted by atomic mass is 10.0. The molecule has 6 heteroatoms. The van der Waals surface area contributed by atoms with Crippen molar-refractivity contribution in [2.24, 2.45) is 0 Å². The van der Waals surface area contributed by atoms with Crippen molar-refractivity contribution in [3.63, 3.8) is 0 Å². The van der Waals surface area contributed by atoms with Gasteiger partial charge in [0.2, 0.25) is 6.10 Å². The average Bonchev–Trinajstić information content (AvgIpc) is 2.82. The van der Waals surface area contributed by atoms with Crippen LogP contribution in [0.15, 0.2) is 72.8 Å². The molecule has 0 bridgehead atoms. The summed E-state index contributed by atoms with van der Waals surface area (Å²) in [6, 6.07) is 22.9. The third kappa shape index (κ3) is 6.22. The molecule has 0 spiro atoms. The fourth-order valence-electron chi connectivity index (χ4n) is 3.96. The molecule has 3 aromatic rings. The van der Waals surface area contributed by atoms with Gasteiger partial charge in [-0.05, 0) is 68.1 Å². The zero-order valence-electron chi connectivity index (χ0n) is 19.9.